The normalized spacial score (nSPS) is 12.5. The van der Waals surface area contributed by atoms with Crippen molar-refractivity contribution in [1.29, 1.82) is 0 Å². The van der Waals surface area contributed by atoms with Crippen molar-refractivity contribution in [2.24, 2.45) is 0 Å². The van der Waals surface area contributed by atoms with Gasteiger partial charge in [-0.05, 0) is 81.2 Å². The largest absolute Gasteiger partial charge is 0.493 e. The zero-order chi connectivity index (χ0) is 27.2. The molecule has 0 bridgehead atoms. The maximum atomic E-state index is 12.3. The molecule has 1 aliphatic rings. The Hall–Kier alpha value is -3.28. The van der Waals surface area contributed by atoms with Gasteiger partial charge in [0, 0.05) is 29.5 Å². The zero-order valence-electron chi connectivity index (χ0n) is 23.0. The molecule has 0 spiro atoms. The van der Waals surface area contributed by atoms with Crippen molar-refractivity contribution < 1.29 is 28.5 Å². The fourth-order valence-corrected chi connectivity index (χ4v) is 4.84. The van der Waals surface area contributed by atoms with Gasteiger partial charge in [0.15, 0.2) is 5.78 Å². The lowest BCUT2D eigenvalue weighted by Crippen LogP contribution is -2.14. The van der Waals surface area contributed by atoms with E-state index in [9.17, 15) is 9.59 Å². The van der Waals surface area contributed by atoms with Gasteiger partial charge in [-0.2, -0.15) is 0 Å². The van der Waals surface area contributed by atoms with Gasteiger partial charge in [-0.15, -0.1) is 6.58 Å². The Morgan fingerprint density at radius 1 is 0.895 bits per heavy atom. The Balaban J connectivity index is 1.44. The number of unbranched alkanes of at least 4 members (excludes halogenated alkanes) is 2. The van der Waals surface area contributed by atoms with Gasteiger partial charge in [0.2, 0.25) is 0 Å². The monoisotopic (exact) mass is 522 g/mol. The summed E-state index contributed by atoms with van der Waals surface area (Å²) in [6, 6.07) is 9.79. The number of Topliss-reactive ketones (excluding diaryl/α,β-unsaturated/α-hetero) is 1. The predicted molar refractivity (Wildman–Crippen MR) is 150 cm³/mol. The number of fused-ring (bicyclic) bond motifs is 1. The van der Waals surface area contributed by atoms with Gasteiger partial charge in [0.1, 0.15) is 17.2 Å². The quantitative estimate of drug-likeness (QED) is 0.129. The summed E-state index contributed by atoms with van der Waals surface area (Å²) in [5.41, 5.74) is 4.20. The summed E-state index contributed by atoms with van der Waals surface area (Å²) in [4.78, 5) is 23.6. The molecule has 2 aromatic rings. The first-order chi connectivity index (χ1) is 18.6. The predicted octanol–water partition coefficient (Wildman–Crippen LogP) is 6.85. The topological polar surface area (TPSA) is 71.1 Å². The van der Waals surface area contributed by atoms with E-state index < -0.39 is 0 Å². The van der Waals surface area contributed by atoms with Crippen molar-refractivity contribution in [2.75, 3.05) is 26.9 Å². The van der Waals surface area contributed by atoms with E-state index in [1.807, 2.05) is 36.4 Å². The summed E-state index contributed by atoms with van der Waals surface area (Å²) < 4.78 is 22.9. The molecule has 0 unspecified atom stereocenters. The highest BCUT2D eigenvalue weighted by atomic mass is 16.5. The molecular weight excluding hydrogens is 480 g/mol. The van der Waals surface area contributed by atoms with Gasteiger partial charge in [-0.3, -0.25) is 9.59 Å². The van der Waals surface area contributed by atoms with Crippen LogP contribution in [0.3, 0.4) is 0 Å². The van der Waals surface area contributed by atoms with Gasteiger partial charge in [0.25, 0.3) is 0 Å². The van der Waals surface area contributed by atoms with E-state index in [-0.39, 0.29) is 11.8 Å². The highest BCUT2D eigenvalue weighted by molar-refractivity contribution is 5.99. The molecule has 38 heavy (non-hydrogen) atoms. The average molecular weight is 523 g/mol. The lowest BCUT2D eigenvalue weighted by Gasteiger charge is -2.21. The molecule has 6 nitrogen and oxygen atoms in total. The molecule has 0 aromatic heterocycles. The number of ether oxygens (including phenoxy) is 4. The fourth-order valence-electron chi connectivity index (χ4n) is 4.84. The standard InChI is InChI=1S/C32H42O6/c1-4-12-26-24-14-9-15-28(33)25(24)19-20-31(26)37-22-8-6-7-21-36-29-16-10-17-30(27(29)13-5-2)38-23-11-18-32(34)35-3/h4,10,16-17,19-20H,1,5-9,11-15,18,21-23H2,2-3H3. The summed E-state index contributed by atoms with van der Waals surface area (Å²) in [5, 5.41) is 0. The Kier molecular flexibility index (Phi) is 12.2. The Bertz CT molecular complexity index is 1070. The molecule has 0 fully saturated rings. The highest BCUT2D eigenvalue weighted by Crippen LogP contribution is 2.32. The highest BCUT2D eigenvalue weighted by Gasteiger charge is 2.22. The number of benzene rings is 2. The van der Waals surface area contributed by atoms with Crippen LogP contribution in [0.2, 0.25) is 0 Å². The number of esters is 1. The molecule has 1 aliphatic carbocycles. The second kappa shape index (κ2) is 15.9. The first-order valence-electron chi connectivity index (χ1n) is 13.9. The number of hydrogen-bond acceptors (Lipinski definition) is 6. The van der Waals surface area contributed by atoms with Crippen LogP contribution in [0.25, 0.3) is 0 Å². The summed E-state index contributed by atoms with van der Waals surface area (Å²) in [6.07, 6.45) is 10.7. The third-order valence-electron chi connectivity index (χ3n) is 6.77. The summed E-state index contributed by atoms with van der Waals surface area (Å²) in [7, 11) is 1.40. The Morgan fingerprint density at radius 2 is 1.55 bits per heavy atom. The molecular formula is C32H42O6. The van der Waals surface area contributed by atoms with Crippen molar-refractivity contribution in [1.82, 2.24) is 0 Å². The molecule has 0 radical (unpaired) electrons. The lowest BCUT2D eigenvalue weighted by molar-refractivity contribution is -0.140. The third kappa shape index (κ3) is 8.37. The van der Waals surface area contributed by atoms with Gasteiger partial charge < -0.3 is 18.9 Å². The summed E-state index contributed by atoms with van der Waals surface area (Å²) in [5.74, 6) is 2.58. The van der Waals surface area contributed by atoms with E-state index in [2.05, 4.69) is 18.2 Å². The Morgan fingerprint density at radius 3 is 2.18 bits per heavy atom. The van der Waals surface area contributed by atoms with E-state index in [1.54, 1.807) is 0 Å². The van der Waals surface area contributed by atoms with Crippen molar-refractivity contribution in [3.63, 3.8) is 0 Å². The van der Waals surface area contributed by atoms with Gasteiger partial charge in [-0.25, -0.2) is 0 Å². The first kappa shape index (κ1) is 29.3. The number of carbonyl (C=O) groups excluding carboxylic acids is 2. The molecule has 3 rings (SSSR count). The van der Waals surface area contributed by atoms with Crippen LogP contribution in [0.1, 0.15) is 85.3 Å². The lowest BCUT2D eigenvalue weighted by atomic mass is 9.86. The number of hydrogen-bond donors (Lipinski definition) is 0. The van der Waals surface area contributed by atoms with Crippen LogP contribution in [0.5, 0.6) is 17.2 Å². The van der Waals surface area contributed by atoms with Crippen molar-refractivity contribution in [3.8, 4) is 17.2 Å². The number of rotatable bonds is 17. The van der Waals surface area contributed by atoms with Crippen molar-refractivity contribution in [2.45, 2.75) is 77.6 Å². The third-order valence-corrected chi connectivity index (χ3v) is 6.77. The van der Waals surface area contributed by atoms with Crippen LogP contribution in [0.15, 0.2) is 43.0 Å². The Labute approximate surface area is 227 Å². The minimum Gasteiger partial charge on any atom is -0.493 e. The van der Waals surface area contributed by atoms with E-state index in [0.29, 0.717) is 45.5 Å². The minimum atomic E-state index is -0.221. The van der Waals surface area contributed by atoms with Crippen molar-refractivity contribution >= 4 is 11.8 Å². The molecule has 2 aromatic carbocycles. The SMILES string of the molecule is C=CCc1c(OCCCCCOc2cccc(OCCCC(=O)OC)c2CCC)ccc2c1CCCC2=O. The molecule has 0 saturated carbocycles. The van der Waals surface area contributed by atoms with Crippen molar-refractivity contribution in [3.05, 3.63) is 65.2 Å². The van der Waals surface area contributed by atoms with E-state index in [4.69, 9.17) is 14.2 Å². The molecule has 0 N–H and O–H groups in total. The van der Waals surface area contributed by atoms with E-state index in [1.165, 1.54) is 7.11 Å². The fraction of sp³-hybridized carbons (Fsp3) is 0.500. The first-order valence-corrected chi connectivity index (χ1v) is 13.9. The van der Waals surface area contributed by atoms with Crippen LogP contribution in [-0.4, -0.2) is 38.7 Å². The van der Waals surface area contributed by atoms with Gasteiger partial charge in [-0.1, -0.05) is 25.5 Å². The average Bonchev–Trinajstić information content (AvgIpc) is 2.93. The molecule has 0 heterocycles. The van der Waals surface area contributed by atoms with E-state index >= 15 is 0 Å². The molecule has 6 heteroatoms. The summed E-state index contributed by atoms with van der Waals surface area (Å²) >= 11 is 0. The number of allylic oxidation sites excluding steroid dienone is 1. The van der Waals surface area contributed by atoms with Crippen LogP contribution < -0.4 is 14.2 Å². The maximum Gasteiger partial charge on any atom is 0.305 e. The van der Waals surface area contributed by atoms with Crippen LogP contribution in [-0.2, 0) is 28.8 Å². The van der Waals surface area contributed by atoms with Crippen LogP contribution in [0, 0.1) is 0 Å². The van der Waals surface area contributed by atoms with Crippen LogP contribution >= 0.6 is 0 Å². The smallest absolute Gasteiger partial charge is 0.305 e. The number of methoxy groups -OCH3 is 1. The van der Waals surface area contributed by atoms with Gasteiger partial charge in [0.05, 0.1) is 26.9 Å². The zero-order valence-corrected chi connectivity index (χ0v) is 23.0. The maximum absolute atomic E-state index is 12.3. The summed E-state index contributed by atoms with van der Waals surface area (Å²) in [6.45, 7) is 7.75. The van der Waals surface area contributed by atoms with Gasteiger partial charge >= 0.3 is 5.97 Å². The molecule has 0 atom stereocenters. The number of ketones is 1. The minimum absolute atomic E-state index is 0.221. The van der Waals surface area contributed by atoms with Crippen LogP contribution in [0.4, 0.5) is 0 Å². The molecule has 0 amide bonds. The second-order valence-electron chi connectivity index (χ2n) is 9.61. The number of carbonyl (C=O) groups is 2. The second-order valence-corrected chi connectivity index (χ2v) is 9.61. The van der Waals surface area contributed by atoms with E-state index in [0.717, 1.165) is 84.4 Å². The molecule has 0 saturated heterocycles. The molecule has 0 aliphatic heterocycles. The molecule has 206 valence electrons.